The van der Waals surface area contributed by atoms with Crippen LogP contribution < -0.4 is 9.80 Å². The van der Waals surface area contributed by atoms with Crippen molar-refractivity contribution in [1.29, 1.82) is 15.8 Å². The first-order valence-electron chi connectivity index (χ1n) is 22.4. The minimum Gasteiger partial charge on any atom is -0.310 e. The molecule has 11 aromatic rings. The Labute approximate surface area is 399 Å². The maximum atomic E-state index is 11.1. The molecule has 2 aromatic heterocycles. The van der Waals surface area contributed by atoms with E-state index in [-0.39, 0.29) is 0 Å². The number of anilines is 6. The molecule has 0 bridgehead atoms. The molecule has 0 saturated heterocycles. The summed E-state index contributed by atoms with van der Waals surface area (Å²) in [5.74, 6) is 0.597. The van der Waals surface area contributed by atoms with Gasteiger partial charge < -0.3 is 14.4 Å². The van der Waals surface area contributed by atoms with Gasteiger partial charge in [0.2, 0.25) is 0 Å². The van der Waals surface area contributed by atoms with E-state index >= 15 is 0 Å². The minimum absolute atomic E-state index is 0.479. The van der Waals surface area contributed by atoms with Crippen LogP contribution in [0.2, 0.25) is 0 Å². The van der Waals surface area contributed by atoms with Crippen LogP contribution in [0.1, 0.15) is 16.7 Å². The van der Waals surface area contributed by atoms with Crippen molar-refractivity contribution in [3.63, 3.8) is 0 Å². The second-order valence-corrected chi connectivity index (χ2v) is 16.4. The van der Waals surface area contributed by atoms with Crippen molar-refractivity contribution < 1.29 is 0 Å². The van der Waals surface area contributed by atoms with Crippen molar-refractivity contribution in [3.8, 4) is 57.8 Å². The molecule has 0 radical (unpaired) electrons. The molecule has 0 aliphatic heterocycles. The first-order valence-corrected chi connectivity index (χ1v) is 22.4. The Hall–Kier alpha value is -10.1. The number of hydrogen-bond donors (Lipinski definition) is 0. The lowest BCUT2D eigenvalue weighted by Crippen LogP contribution is -2.10. The highest BCUT2D eigenvalue weighted by atomic mass is 15.1. The largest absolute Gasteiger partial charge is 0.310 e. The number of benzene rings is 9. The van der Waals surface area contributed by atoms with Crippen LogP contribution in [0.15, 0.2) is 231 Å². The van der Waals surface area contributed by atoms with Crippen molar-refractivity contribution in [2.75, 3.05) is 9.80 Å². The van der Waals surface area contributed by atoms with Gasteiger partial charge in [0.05, 0.1) is 56.9 Å². The van der Waals surface area contributed by atoms with E-state index in [1.165, 1.54) is 0 Å². The van der Waals surface area contributed by atoms with Gasteiger partial charge in [0.1, 0.15) is 6.07 Å². The summed E-state index contributed by atoms with van der Waals surface area (Å²) in [6.07, 6.45) is 0. The Bertz CT molecular complexity index is 3580. The van der Waals surface area contributed by atoms with Crippen molar-refractivity contribution in [2.45, 2.75) is 0 Å². The van der Waals surface area contributed by atoms with Gasteiger partial charge in [-0.15, -0.1) is 0 Å². The van der Waals surface area contributed by atoms with Gasteiger partial charge in [-0.05, 0) is 127 Å². The van der Waals surface area contributed by atoms with Crippen molar-refractivity contribution in [3.05, 3.63) is 247 Å². The SMILES string of the molecule is N#Cc1ccc(N(c2ccccc2)c2ccc3c(c2)c2cc(N(c4ccccc4)c4ccc(C#N)cc4)ccc2n3-c2ccc(-c3cc(-c4ccccc4)nc(-c4ccccc4)n3)cc2C#N)cc1. The molecule has 0 aliphatic carbocycles. The van der Waals surface area contributed by atoms with Crippen molar-refractivity contribution in [2.24, 2.45) is 0 Å². The summed E-state index contributed by atoms with van der Waals surface area (Å²) in [6, 6.07) is 83.5. The zero-order chi connectivity index (χ0) is 46.7. The Kier molecular flexibility index (Phi) is 10.9. The topological polar surface area (TPSA) is 109 Å². The molecular weight excluding hydrogens is 845 g/mol. The zero-order valence-electron chi connectivity index (χ0n) is 37.0. The molecule has 0 spiro atoms. The van der Waals surface area contributed by atoms with Gasteiger partial charge in [-0.3, -0.25) is 0 Å². The van der Waals surface area contributed by atoms with E-state index in [9.17, 15) is 15.8 Å². The molecule has 0 fully saturated rings. The monoisotopic (exact) mass is 882 g/mol. The van der Waals surface area contributed by atoms with Gasteiger partial charge >= 0.3 is 0 Å². The molecule has 0 unspecified atom stereocenters. The van der Waals surface area contributed by atoms with E-state index in [0.717, 1.165) is 84.0 Å². The number of aromatic nitrogens is 3. The standard InChI is InChI=1S/C61H38N8/c62-39-42-21-26-50(27-22-42)67(48-17-9-3-10-18-48)52-30-33-59-54(36-52)55-37-53(68(49-19-11-4-12-20-49)51-28-23-43(40-63)24-29-51)31-34-60(55)69(59)58-32-25-46(35-47(58)41-64)57-38-56(44-13-5-1-6-14-44)65-61(66-57)45-15-7-2-8-16-45/h1-38H. The van der Waals surface area contributed by atoms with Crippen LogP contribution in [0.3, 0.4) is 0 Å². The van der Waals surface area contributed by atoms with Crippen LogP contribution in [0.5, 0.6) is 0 Å². The number of hydrogen-bond acceptors (Lipinski definition) is 7. The maximum Gasteiger partial charge on any atom is 0.160 e. The number of nitriles is 3. The van der Waals surface area contributed by atoms with E-state index in [0.29, 0.717) is 28.2 Å². The predicted octanol–water partition coefficient (Wildman–Crippen LogP) is 15.1. The van der Waals surface area contributed by atoms with Gasteiger partial charge in [0.15, 0.2) is 5.82 Å². The van der Waals surface area contributed by atoms with E-state index in [1.54, 1.807) is 0 Å². The highest BCUT2D eigenvalue weighted by Gasteiger charge is 2.22. The number of nitrogens with zero attached hydrogens (tertiary/aromatic N) is 8. The Balaban J connectivity index is 1.13. The van der Waals surface area contributed by atoms with Gasteiger partial charge in [-0.25, -0.2) is 9.97 Å². The summed E-state index contributed by atoms with van der Waals surface area (Å²) < 4.78 is 2.18. The lowest BCUT2D eigenvalue weighted by atomic mass is 10.0. The predicted molar refractivity (Wildman–Crippen MR) is 276 cm³/mol. The Morgan fingerprint density at radius 1 is 0.348 bits per heavy atom. The van der Waals surface area contributed by atoms with Crippen molar-refractivity contribution >= 4 is 55.9 Å². The summed E-state index contributed by atoms with van der Waals surface area (Å²) >= 11 is 0. The molecule has 0 aliphatic rings. The summed E-state index contributed by atoms with van der Waals surface area (Å²) in [5, 5.41) is 32.3. The summed E-state index contributed by atoms with van der Waals surface area (Å²) in [5.41, 5.74) is 13.9. The summed E-state index contributed by atoms with van der Waals surface area (Å²) in [7, 11) is 0. The van der Waals surface area contributed by atoms with E-state index < -0.39 is 0 Å². The van der Waals surface area contributed by atoms with Gasteiger partial charge in [-0.1, -0.05) is 103 Å². The minimum atomic E-state index is 0.479. The zero-order valence-corrected chi connectivity index (χ0v) is 37.0. The fourth-order valence-corrected chi connectivity index (χ4v) is 9.00. The van der Waals surface area contributed by atoms with E-state index in [4.69, 9.17) is 9.97 Å². The van der Waals surface area contributed by atoms with Crippen LogP contribution in [0.4, 0.5) is 34.1 Å². The molecular formula is C61H38N8. The van der Waals surface area contributed by atoms with Crippen LogP contribution in [0, 0.1) is 34.0 Å². The molecule has 9 aromatic carbocycles. The third-order valence-corrected chi connectivity index (χ3v) is 12.3. The second kappa shape index (κ2) is 18.1. The average molecular weight is 883 g/mol. The molecule has 2 heterocycles. The third kappa shape index (κ3) is 7.96. The first kappa shape index (κ1) is 41.6. The highest BCUT2D eigenvalue weighted by Crippen LogP contribution is 2.43. The summed E-state index contributed by atoms with van der Waals surface area (Å²) in [6.45, 7) is 0. The molecule has 0 saturated carbocycles. The fraction of sp³-hybridized carbons (Fsp3) is 0. The first-order chi connectivity index (χ1) is 34.1. The van der Waals surface area contributed by atoms with E-state index in [2.05, 4.69) is 93.2 Å². The molecule has 0 atom stereocenters. The lowest BCUT2D eigenvalue weighted by Gasteiger charge is -2.26. The fourth-order valence-electron chi connectivity index (χ4n) is 9.00. The third-order valence-electron chi connectivity index (χ3n) is 12.3. The van der Waals surface area contributed by atoms with Crippen LogP contribution >= 0.6 is 0 Å². The van der Waals surface area contributed by atoms with Crippen LogP contribution in [-0.2, 0) is 0 Å². The molecule has 8 heteroatoms. The quantitative estimate of drug-likeness (QED) is 0.135. The molecule has 69 heavy (non-hydrogen) atoms. The normalized spacial score (nSPS) is 10.9. The molecule has 11 rings (SSSR count). The number of fused-ring (bicyclic) bond motifs is 3. The molecule has 322 valence electrons. The van der Waals surface area contributed by atoms with Crippen LogP contribution in [-0.4, -0.2) is 14.5 Å². The smallest absolute Gasteiger partial charge is 0.160 e. The van der Waals surface area contributed by atoms with Crippen LogP contribution in [0.25, 0.3) is 61.4 Å². The van der Waals surface area contributed by atoms with E-state index in [1.807, 2.05) is 170 Å². The van der Waals surface area contributed by atoms with Gasteiger partial charge in [0, 0.05) is 61.6 Å². The van der Waals surface area contributed by atoms with Gasteiger partial charge in [0.25, 0.3) is 0 Å². The average Bonchev–Trinajstić information content (AvgIpc) is 3.75. The Morgan fingerprint density at radius 2 is 0.768 bits per heavy atom. The highest BCUT2D eigenvalue weighted by molar-refractivity contribution is 6.12. The Morgan fingerprint density at radius 3 is 1.23 bits per heavy atom. The summed E-state index contributed by atoms with van der Waals surface area (Å²) in [4.78, 5) is 14.4. The number of rotatable bonds is 10. The number of para-hydroxylation sites is 2. The maximum absolute atomic E-state index is 11.1. The lowest BCUT2D eigenvalue weighted by molar-refractivity contribution is 1.16. The molecule has 0 amide bonds. The van der Waals surface area contributed by atoms with Gasteiger partial charge in [-0.2, -0.15) is 15.8 Å². The molecule has 0 N–H and O–H groups in total. The molecule has 8 nitrogen and oxygen atoms in total. The van der Waals surface area contributed by atoms with Crippen molar-refractivity contribution in [1.82, 2.24) is 14.5 Å². The second-order valence-electron chi connectivity index (χ2n) is 16.4.